The maximum absolute atomic E-state index is 13.1. The summed E-state index contributed by atoms with van der Waals surface area (Å²) in [5.41, 5.74) is 0.281. The lowest BCUT2D eigenvalue weighted by Crippen LogP contribution is -2.30. The van der Waals surface area contributed by atoms with Gasteiger partial charge in [0.1, 0.15) is 11.5 Å². The van der Waals surface area contributed by atoms with Crippen LogP contribution in [0.3, 0.4) is 0 Å². The summed E-state index contributed by atoms with van der Waals surface area (Å²) in [6.07, 6.45) is 0. The van der Waals surface area contributed by atoms with Crippen molar-refractivity contribution in [1.29, 1.82) is 0 Å². The van der Waals surface area contributed by atoms with Crippen LogP contribution >= 0.6 is 0 Å². The lowest BCUT2D eigenvalue weighted by Gasteiger charge is -2.19. The summed E-state index contributed by atoms with van der Waals surface area (Å²) < 4.78 is 37.7. The zero-order valence-electron chi connectivity index (χ0n) is 18.3. The molecule has 3 rings (SSSR count). The van der Waals surface area contributed by atoms with Gasteiger partial charge in [-0.2, -0.15) is 4.31 Å². The smallest absolute Gasteiger partial charge is 0.256 e. The molecule has 9 nitrogen and oxygen atoms in total. The van der Waals surface area contributed by atoms with E-state index in [1.54, 1.807) is 32.0 Å². The average molecular weight is 460 g/mol. The minimum atomic E-state index is -3.75. The molecule has 32 heavy (non-hydrogen) atoms. The van der Waals surface area contributed by atoms with Crippen molar-refractivity contribution >= 4 is 32.5 Å². The fourth-order valence-electron chi connectivity index (χ4n) is 3.39. The van der Waals surface area contributed by atoms with E-state index in [-0.39, 0.29) is 10.5 Å². The number of carbonyl (C=O) groups excluding carboxylic acids is 1. The Morgan fingerprint density at radius 1 is 1.03 bits per heavy atom. The van der Waals surface area contributed by atoms with Crippen LogP contribution in [0, 0.1) is 0 Å². The Kier molecular flexibility index (Phi) is 6.85. The second kappa shape index (κ2) is 9.41. The molecule has 0 spiro atoms. The van der Waals surface area contributed by atoms with Gasteiger partial charge in [0.05, 0.1) is 30.4 Å². The van der Waals surface area contributed by atoms with Gasteiger partial charge >= 0.3 is 0 Å². The maximum atomic E-state index is 13.1. The molecule has 2 aromatic carbocycles. The number of aromatic amines is 1. The standard InChI is InChI=1S/C22H25N3O6S/c1-5-25(6-2)32(28,29)15-8-10-18-16(12-15)17(13-21(26)23-18)22(27)24-19-9-7-14(30-3)11-20(19)31-4/h7-13H,5-6H2,1-4H3,(H,23,26)(H,24,27). The first-order chi connectivity index (χ1) is 15.2. The molecule has 0 unspecified atom stereocenters. The van der Waals surface area contributed by atoms with Gasteiger partial charge in [-0.25, -0.2) is 8.42 Å². The number of pyridine rings is 1. The fraction of sp³-hybridized carbons (Fsp3) is 0.273. The molecule has 170 valence electrons. The molecule has 2 N–H and O–H groups in total. The highest BCUT2D eigenvalue weighted by atomic mass is 32.2. The van der Waals surface area contributed by atoms with Gasteiger partial charge < -0.3 is 19.8 Å². The second-order valence-electron chi connectivity index (χ2n) is 6.86. The summed E-state index contributed by atoms with van der Waals surface area (Å²) in [4.78, 5) is 27.9. The van der Waals surface area contributed by atoms with Crippen LogP contribution in [-0.2, 0) is 10.0 Å². The number of fused-ring (bicyclic) bond motifs is 1. The molecule has 1 aromatic heterocycles. The SMILES string of the molecule is CCN(CC)S(=O)(=O)c1ccc2[nH]c(=O)cc(C(=O)Nc3ccc(OC)cc3OC)c2c1. The van der Waals surface area contributed by atoms with Crippen molar-refractivity contribution in [3.05, 3.63) is 58.4 Å². The van der Waals surface area contributed by atoms with Crippen LogP contribution in [0.15, 0.2) is 52.2 Å². The predicted octanol–water partition coefficient (Wildman–Crippen LogP) is 2.83. The number of H-pyrrole nitrogens is 1. The van der Waals surface area contributed by atoms with E-state index in [0.717, 1.165) is 6.07 Å². The molecule has 0 radical (unpaired) electrons. The Morgan fingerprint density at radius 3 is 2.38 bits per heavy atom. The van der Waals surface area contributed by atoms with E-state index in [2.05, 4.69) is 10.3 Å². The molecule has 10 heteroatoms. The zero-order chi connectivity index (χ0) is 23.5. The van der Waals surface area contributed by atoms with Crippen molar-refractivity contribution in [3.63, 3.8) is 0 Å². The van der Waals surface area contributed by atoms with E-state index in [9.17, 15) is 18.0 Å². The number of ether oxygens (including phenoxy) is 2. The number of carbonyl (C=O) groups is 1. The first-order valence-electron chi connectivity index (χ1n) is 9.95. The molecule has 0 atom stereocenters. The highest BCUT2D eigenvalue weighted by Gasteiger charge is 2.23. The number of nitrogens with zero attached hydrogens (tertiary/aromatic N) is 1. The third-order valence-electron chi connectivity index (χ3n) is 5.06. The largest absolute Gasteiger partial charge is 0.497 e. The Balaban J connectivity index is 2.10. The summed E-state index contributed by atoms with van der Waals surface area (Å²) in [5.74, 6) is 0.339. The van der Waals surface area contributed by atoms with Crippen LogP contribution in [0.1, 0.15) is 24.2 Å². The highest BCUT2D eigenvalue weighted by Crippen LogP contribution is 2.30. The van der Waals surface area contributed by atoms with Crippen molar-refractivity contribution in [2.75, 3.05) is 32.6 Å². The Labute approximate surface area is 186 Å². The van der Waals surface area contributed by atoms with E-state index in [1.165, 1.54) is 36.7 Å². The van der Waals surface area contributed by atoms with E-state index in [1.807, 2.05) is 0 Å². The molecular formula is C22H25N3O6S. The molecule has 0 bridgehead atoms. The van der Waals surface area contributed by atoms with Gasteiger partial charge in [0.25, 0.3) is 5.91 Å². The fourth-order valence-corrected chi connectivity index (χ4v) is 4.87. The van der Waals surface area contributed by atoms with Gasteiger partial charge in [-0.15, -0.1) is 0 Å². The maximum Gasteiger partial charge on any atom is 0.256 e. The summed E-state index contributed by atoms with van der Waals surface area (Å²) in [6, 6.07) is 10.3. The lowest BCUT2D eigenvalue weighted by atomic mass is 10.1. The van der Waals surface area contributed by atoms with Crippen LogP contribution < -0.4 is 20.3 Å². The van der Waals surface area contributed by atoms with Gasteiger partial charge in [0.15, 0.2) is 0 Å². The third-order valence-corrected chi connectivity index (χ3v) is 7.11. The first-order valence-corrected chi connectivity index (χ1v) is 11.4. The molecule has 0 saturated heterocycles. The number of benzene rings is 2. The minimum absolute atomic E-state index is 0.0387. The van der Waals surface area contributed by atoms with Crippen LogP contribution in [0.25, 0.3) is 10.9 Å². The molecule has 1 amide bonds. The molecule has 3 aromatic rings. The number of aromatic nitrogens is 1. The van der Waals surface area contributed by atoms with E-state index in [4.69, 9.17) is 9.47 Å². The number of methoxy groups -OCH3 is 2. The van der Waals surface area contributed by atoms with Crippen LogP contribution in [-0.4, -0.2) is 50.9 Å². The zero-order valence-corrected chi connectivity index (χ0v) is 19.1. The van der Waals surface area contributed by atoms with Gasteiger partial charge in [-0.05, 0) is 30.3 Å². The number of hydrogen-bond acceptors (Lipinski definition) is 6. The quantitative estimate of drug-likeness (QED) is 0.535. The van der Waals surface area contributed by atoms with Crippen molar-refractivity contribution in [2.24, 2.45) is 0 Å². The normalized spacial score (nSPS) is 11.5. The first kappa shape index (κ1) is 23.3. The average Bonchev–Trinajstić information content (AvgIpc) is 2.78. The summed E-state index contributed by atoms with van der Waals surface area (Å²) in [7, 11) is -0.778. The Morgan fingerprint density at radius 2 is 1.75 bits per heavy atom. The van der Waals surface area contributed by atoms with Crippen molar-refractivity contribution in [1.82, 2.24) is 9.29 Å². The van der Waals surface area contributed by atoms with E-state index >= 15 is 0 Å². The van der Waals surface area contributed by atoms with Gasteiger partial charge in [0, 0.05) is 36.1 Å². The van der Waals surface area contributed by atoms with Crippen molar-refractivity contribution in [2.45, 2.75) is 18.7 Å². The van der Waals surface area contributed by atoms with Crippen molar-refractivity contribution < 1.29 is 22.7 Å². The number of nitrogens with one attached hydrogen (secondary N) is 2. The lowest BCUT2D eigenvalue weighted by molar-refractivity contribution is 0.102. The number of anilines is 1. The third kappa shape index (κ3) is 4.46. The number of hydrogen-bond donors (Lipinski definition) is 2. The molecule has 0 saturated carbocycles. The molecule has 0 aliphatic heterocycles. The van der Waals surface area contributed by atoms with Crippen LogP contribution in [0.2, 0.25) is 0 Å². The summed E-state index contributed by atoms with van der Waals surface area (Å²) >= 11 is 0. The summed E-state index contributed by atoms with van der Waals surface area (Å²) in [5, 5.41) is 3.03. The number of amides is 1. The Bertz CT molecular complexity index is 1310. The van der Waals surface area contributed by atoms with Gasteiger partial charge in [0.2, 0.25) is 15.6 Å². The minimum Gasteiger partial charge on any atom is -0.497 e. The van der Waals surface area contributed by atoms with Gasteiger partial charge in [-0.3, -0.25) is 9.59 Å². The van der Waals surface area contributed by atoms with E-state index < -0.39 is 21.5 Å². The molecule has 0 aliphatic rings. The van der Waals surface area contributed by atoms with Crippen LogP contribution in [0.4, 0.5) is 5.69 Å². The molecular weight excluding hydrogens is 434 g/mol. The highest BCUT2D eigenvalue weighted by molar-refractivity contribution is 7.89. The second-order valence-corrected chi connectivity index (χ2v) is 8.80. The van der Waals surface area contributed by atoms with Gasteiger partial charge in [-0.1, -0.05) is 13.8 Å². The molecule has 0 aliphatic carbocycles. The number of rotatable bonds is 8. The molecule has 0 fully saturated rings. The van der Waals surface area contributed by atoms with Crippen LogP contribution in [0.5, 0.6) is 11.5 Å². The predicted molar refractivity (Wildman–Crippen MR) is 122 cm³/mol. The van der Waals surface area contributed by atoms with Crippen molar-refractivity contribution in [3.8, 4) is 11.5 Å². The van der Waals surface area contributed by atoms with E-state index in [0.29, 0.717) is 41.2 Å². The topological polar surface area (TPSA) is 118 Å². The Hall–Kier alpha value is -3.37. The number of sulfonamides is 1. The monoisotopic (exact) mass is 459 g/mol. The summed E-state index contributed by atoms with van der Waals surface area (Å²) in [6.45, 7) is 4.13. The molecule has 1 heterocycles.